The summed E-state index contributed by atoms with van der Waals surface area (Å²) in [4.78, 5) is 24.2. The molecule has 0 fully saturated rings. The van der Waals surface area contributed by atoms with E-state index in [0.717, 1.165) is 17.0 Å². The van der Waals surface area contributed by atoms with Crippen LogP contribution in [0.1, 0.15) is 25.5 Å². The second kappa shape index (κ2) is 9.32. The number of carbonyl (C=O) groups is 2. The molecule has 1 atom stereocenters. The van der Waals surface area contributed by atoms with Crippen molar-refractivity contribution in [1.29, 1.82) is 0 Å². The summed E-state index contributed by atoms with van der Waals surface area (Å²) < 4.78 is 5.42. The minimum Gasteiger partial charge on any atom is -0.494 e. The monoisotopic (exact) mass is 341 g/mol. The van der Waals surface area contributed by atoms with Gasteiger partial charge in [0.15, 0.2) is 0 Å². The number of amides is 3. The number of rotatable bonds is 7. The molecule has 3 amide bonds. The van der Waals surface area contributed by atoms with Crippen molar-refractivity contribution in [2.45, 2.75) is 19.9 Å². The molecule has 2 aromatic rings. The maximum Gasteiger partial charge on any atom is 0.321 e. The zero-order chi connectivity index (χ0) is 18.1. The molecule has 0 aromatic heterocycles. The van der Waals surface area contributed by atoms with Crippen molar-refractivity contribution in [2.24, 2.45) is 0 Å². The zero-order valence-electron chi connectivity index (χ0n) is 14.4. The first-order chi connectivity index (χ1) is 12.1. The van der Waals surface area contributed by atoms with E-state index in [2.05, 4.69) is 16.0 Å². The predicted octanol–water partition coefficient (Wildman–Crippen LogP) is 3.08. The molecule has 0 bridgehead atoms. The fraction of sp³-hybridized carbons (Fsp3) is 0.263. The minimum absolute atomic E-state index is 0.425. The molecule has 3 N–H and O–H groups in total. The van der Waals surface area contributed by atoms with Crippen LogP contribution in [0.4, 0.5) is 10.5 Å². The lowest BCUT2D eigenvalue weighted by Gasteiger charge is -2.20. The molecule has 2 rings (SSSR count). The van der Waals surface area contributed by atoms with Gasteiger partial charge < -0.3 is 15.4 Å². The van der Waals surface area contributed by atoms with Crippen LogP contribution >= 0.6 is 0 Å². The number of ether oxygens (including phenoxy) is 1. The van der Waals surface area contributed by atoms with E-state index in [1.165, 1.54) is 0 Å². The van der Waals surface area contributed by atoms with Gasteiger partial charge in [-0.15, -0.1) is 0 Å². The second-order valence-corrected chi connectivity index (χ2v) is 5.29. The van der Waals surface area contributed by atoms with Crippen LogP contribution in [-0.4, -0.2) is 25.1 Å². The Kier molecular flexibility index (Phi) is 6.83. The number of hydrogen-bond donors (Lipinski definition) is 3. The molecule has 0 saturated heterocycles. The van der Waals surface area contributed by atoms with Gasteiger partial charge in [-0.1, -0.05) is 30.3 Å². The maximum absolute atomic E-state index is 12.5. The number of benzene rings is 2. The number of carbonyl (C=O) groups excluding carboxylic acids is 2. The standard InChI is InChI=1S/C19H23N3O3/c1-3-20-19(24)22-18(23)17(14-8-6-5-7-9-14)21-15-10-12-16(13-11-15)25-4-2/h5-13,17,21H,3-4H2,1-2H3,(H2,20,22,23,24)/t17-/m0/s1. The molecule has 6 heteroatoms. The lowest BCUT2D eigenvalue weighted by Crippen LogP contribution is -2.43. The van der Waals surface area contributed by atoms with Crippen LogP contribution in [0.25, 0.3) is 0 Å². The van der Waals surface area contributed by atoms with Crippen molar-refractivity contribution in [2.75, 3.05) is 18.5 Å². The van der Waals surface area contributed by atoms with Crippen LogP contribution in [-0.2, 0) is 4.79 Å². The molecular weight excluding hydrogens is 318 g/mol. The summed E-state index contributed by atoms with van der Waals surface area (Å²) in [5.41, 5.74) is 1.52. The third-order valence-electron chi connectivity index (χ3n) is 3.45. The largest absolute Gasteiger partial charge is 0.494 e. The quantitative estimate of drug-likeness (QED) is 0.723. The highest BCUT2D eigenvalue weighted by Crippen LogP contribution is 2.22. The molecule has 0 aliphatic carbocycles. The number of imide groups is 1. The van der Waals surface area contributed by atoms with E-state index in [9.17, 15) is 9.59 Å². The Bertz CT molecular complexity index is 687. The SMILES string of the molecule is CCNC(=O)NC(=O)[C@@H](Nc1ccc(OCC)cc1)c1ccccc1. The van der Waals surface area contributed by atoms with Crippen LogP contribution in [0.15, 0.2) is 54.6 Å². The van der Waals surface area contributed by atoms with Crippen LogP contribution < -0.4 is 20.7 Å². The van der Waals surface area contributed by atoms with Crippen molar-refractivity contribution in [3.05, 3.63) is 60.2 Å². The molecule has 0 heterocycles. The van der Waals surface area contributed by atoms with Gasteiger partial charge in [0.2, 0.25) is 0 Å². The van der Waals surface area contributed by atoms with Crippen molar-refractivity contribution in [3.63, 3.8) is 0 Å². The van der Waals surface area contributed by atoms with Crippen LogP contribution in [0.5, 0.6) is 5.75 Å². The van der Waals surface area contributed by atoms with Gasteiger partial charge >= 0.3 is 6.03 Å². The van der Waals surface area contributed by atoms with Gasteiger partial charge in [-0.2, -0.15) is 0 Å². The summed E-state index contributed by atoms with van der Waals surface area (Å²) in [7, 11) is 0. The zero-order valence-corrected chi connectivity index (χ0v) is 14.4. The Morgan fingerprint density at radius 2 is 1.68 bits per heavy atom. The van der Waals surface area contributed by atoms with Crippen molar-refractivity contribution >= 4 is 17.6 Å². The molecule has 0 radical (unpaired) electrons. The predicted molar refractivity (Wildman–Crippen MR) is 97.6 cm³/mol. The summed E-state index contributed by atoms with van der Waals surface area (Å²) >= 11 is 0. The van der Waals surface area contributed by atoms with Crippen LogP contribution in [0.3, 0.4) is 0 Å². The summed E-state index contributed by atoms with van der Waals surface area (Å²) in [5.74, 6) is 0.335. The van der Waals surface area contributed by atoms with Crippen molar-refractivity contribution < 1.29 is 14.3 Å². The van der Waals surface area contributed by atoms with E-state index >= 15 is 0 Å². The van der Waals surface area contributed by atoms with E-state index in [1.54, 1.807) is 6.92 Å². The van der Waals surface area contributed by atoms with Crippen molar-refractivity contribution in [3.8, 4) is 5.75 Å². The van der Waals surface area contributed by atoms with E-state index in [4.69, 9.17) is 4.74 Å². The molecular formula is C19H23N3O3. The Hall–Kier alpha value is -3.02. The number of anilines is 1. The Morgan fingerprint density at radius 3 is 2.28 bits per heavy atom. The second-order valence-electron chi connectivity index (χ2n) is 5.29. The smallest absolute Gasteiger partial charge is 0.321 e. The molecule has 0 spiro atoms. The number of urea groups is 1. The summed E-state index contributed by atoms with van der Waals surface area (Å²) in [6, 6.07) is 15.4. The average Bonchev–Trinajstić information content (AvgIpc) is 2.62. The normalized spacial score (nSPS) is 11.3. The highest BCUT2D eigenvalue weighted by atomic mass is 16.5. The third kappa shape index (κ3) is 5.53. The fourth-order valence-corrected chi connectivity index (χ4v) is 2.32. The Morgan fingerprint density at radius 1 is 1.00 bits per heavy atom. The topological polar surface area (TPSA) is 79.5 Å². The fourth-order valence-electron chi connectivity index (χ4n) is 2.32. The molecule has 2 aromatic carbocycles. The molecule has 6 nitrogen and oxygen atoms in total. The molecule has 132 valence electrons. The van der Waals surface area contributed by atoms with Crippen molar-refractivity contribution in [1.82, 2.24) is 10.6 Å². The molecule has 0 unspecified atom stereocenters. The highest BCUT2D eigenvalue weighted by molar-refractivity contribution is 5.98. The number of hydrogen-bond acceptors (Lipinski definition) is 4. The van der Waals surface area contributed by atoms with Gasteiger partial charge in [0.25, 0.3) is 5.91 Å². The first kappa shape index (κ1) is 18.3. The van der Waals surface area contributed by atoms with Gasteiger partial charge in [-0.05, 0) is 43.7 Å². The highest BCUT2D eigenvalue weighted by Gasteiger charge is 2.22. The van der Waals surface area contributed by atoms with Gasteiger partial charge in [0.1, 0.15) is 11.8 Å². The Labute approximate surface area is 147 Å². The summed E-state index contributed by atoms with van der Waals surface area (Å²) in [6.45, 7) is 4.75. The lowest BCUT2D eigenvalue weighted by atomic mass is 10.1. The average molecular weight is 341 g/mol. The van der Waals surface area contributed by atoms with E-state index in [-0.39, 0.29) is 0 Å². The first-order valence-electron chi connectivity index (χ1n) is 8.27. The van der Waals surface area contributed by atoms with E-state index < -0.39 is 18.0 Å². The van der Waals surface area contributed by atoms with Gasteiger partial charge in [0.05, 0.1) is 6.61 Å². The van der Waals surface area contributed by atoms with Gasteiger partial charge in [-0.25, -0.2) is 4.79 Å². The first-order valence-corrected chi connectivity index (χ1v) is 8.27. The van der Waals surface area contributed by atoms with Crippen LogP contribution in [0, 0.1) is 0 Å². The summed E-state index contributed by atoms with van der Waals surface area (Å²) in [6.07, 6.45) is 0. The van der Waals surface area contributed by atoms with E-state index in [1.807, 2.05) is 61.5 Å². The molecule has 25 heavy (non-hydrogen) atoms. The molecule has 0 aliphatic heterocycles. The third-order valence-corrected chi connectivity index (χ3v) is 3.45. The van der Waals surface area contributed by atoms with E-state index in [0.29, 0.717) is 13.2 Å². The lowest BCUT2D eigenvalue weighted by molar-refractivity contribution is -0.120. The molecule has 0 aliphatic rings. The number of nitrogens with one attached hydrogen (secondary N) is 3. The van der Waals surface area contributed by atoms with Crippen LogP contribution in [0.2, 0.25) is 0 Å². The summed E-state index contributed by atoms with van der Waals surface area (Å²) in [5, 5.41) is 8.07. The van der Waals surface area contributed by atoms with Gasteiger partial charge in [-0.3, -0.25) is 10.1 Å². The minimum atomic E-state index is -0.693. The maximum atomic E-state index is 12.5. The van der Waals surface area contributed by atoms with Gasteiger partial charge in [0, 0.05) is 12.2 Å². The molecule has 0 saturated carbocycles. The Balaban J connectivity index is 2.17.